The minimum atomic E-state index is 0.213. The fourth-order valence-electron chi connectivity index (χ4n) is 2.03. The largest absolute Gasteiger partial charge is 0.310 e. The first kappa shape index (κ1) is 14.9. The molecule has 0 fully saturated rings. The predicted molar refractivity (Wildman–Crippen MR) is 85.5 cm³/mol. The average Bonchev–Trinajstić information content (AvgIpc) is 2.91. The number of hydrogen-bond acceptors (Lipinski definition) is 2. The first-order valence-corrected chi connectivity index (χ1v) is 8.05. The molecule has 1 heterocycles. The SMILES string of the molecule is CCCNC(Cc1cccs1)c1cccc(Cl)c1Cl. The Balaban J connectivity index is 2.23. The molecular weight excluding hydrogens is 297 g/mol. The summed E-state index contributed by atoms with van der Waals surface area (Å²) in [4.78, 5) is 1.35. The van der Waals surface area contributed by atoms with Gasteiger partial charge in [0.05, 0.1) is 10.0 Å². The number of halogens is 2. The van der Waals surface area contributed by atoms with Crippen molar-refractivity contribution in [2.24, 2.45) is 0 Å². The highest BCUT2D eigenvalue weighted by atomic mass is 35.5. The van der Waals surface area contributed by atoms with E-state index < -0.39 is 0 Å². The van der Waals surface area contributed by atoms with Crippen LogP contribution in [0.5, 0.6) is 0 Å². The van der Waals surface area contributed by atoms with Gasteiger partial charge in [-0.1, -0.05) is 48.3 Å². The van der Waals surface area contributed by atoms with Crippen LogP contribution in [0.4, 0.5) is 0 Å². The highest BCUT2D eigenvalue weighted by Crippen LogP contribution is 2.32. The molecule has 1 atom stereocenters. The summed E-state index contributed by atoms with van der Waals surface area (Å²) in [5.74, 6) is 0. The molecule has 0 spiro atoms. The van der Waals surface area contributed by atoms with Gasteiger partial charge < -0.3 is 5.32 Å². The number of rotatable bonds is 6. The molecule has 4 heteroatoms. The Hall–Kier alpha value is -0.540. The zero-order valence-electron chi connectivity index (χ0n) is 10.8. The third-order valence-electron chi connectivity index (χ3n) is 2.98. The van der Waals surface area contributed by atoms with E-state index in [0.29, 0.717) is 10.0 Å². The Morgan fingerprint density at radius 2 is 2.05 bits per heavy atom. The quantitative estimate of drug-likeness (QED) is 0.759. The van der Waals surface area contributed by atoms with Crippen LogP contribution in [0.25, 0.3) is 0 Å². The Morgan fingerprint density at radius 3 is 2.74 bits per heavy atom. The molecule has 0 aliphatic heterocycles. The summed E-state index contributed by atoms with van der Waals surface area (Å²) < 4.78 is 0. The van der Waals surface area contributed by atoms with E-state index in [-0.39, 0.29) is 6.04 Å². The molecule has 1 N–H and O–H groups in total. The lowest BCUT2D eigenvalue weighted by Gasteiger charge is -2.20. The molecule has 0 aliphatic carbocycles. The van der Waals surface area contributed by atoms with Crippen LogP contribution >= 0.6 is 34.5 Å². The van der Waals surface area contributed by atoms with Gasteiger partial charge in [-0.05, 0) is 36.0 Å². The lowest BCUT2D eigenvalue weighted by atomic mass is 10.0. The molecule has 0 bridgehead atoms. The molecular formula is C15H17Cl2NS. The molecule has 1 aromatic carbocycles. The second kappa shape index (κ2) is 7.30. The summed E-state index contributed by atoms with van der Waals surface area (Å²) in [6, 6.07) is 10.3. The lowest BCUT2D eigenvalue weighted by Crippen LogP contribution is -2.24. The first-order chi connectivity index (χ1) is 9.22. The number of thiophene rings is 1. The van der Waals surface area contributed by atoms with Crippen LogP contribution in [0, 0.1) is 0 Å². The minimum absolute atomic E-state index is 0.213. The van der Waals surface area contributed by atoms with Crippen molar-refractivity contribution in [3.05, 3.63) is 56.2 Å². The maximum Gasteiger partial charge on any atom is 0.0640 e. The van der Waals surface area contributed by atoms with Crippen molar-refractivity contribution in [1.29, 1.82) is 0 Å². The average molecular weight is 314 g/mol. The van der Waals surface area contributed by atoms with Crippen LogP contribution in [0.2, 0.25) is 10.0 Å². The van der Waals surface area contributed by atoms with Gasteiger partial charge in [-0.2, -0.15) is 0 Å². The monoisotopic (exact) mass is 313 g/mol. The van der Waals surface area contributed by atoms with Gasteiger partial charge >= 0.3 is 0 Å². The minimum Gasteiger partial charge on any atom is -0.310 e. The van der Waals surface area contributed by atoms with Crippen molar-refractivity contribution in [3.63, 3.8) is 0 Å². The summed E-state index contributed by atoms with van der Waals surface area (Å²) in [6.45, 7) is 3.13. The van der Waals surface area contributed by atoms with E-state index >= 15 is 0 Å². The third kappa shape index (κ3) is 3.96. The van der Waals surface area contributed by atoms with E-state index in [4.69, 9.17) is 23.2 Å². The second-order valence-corrected chi connectivity index (χ2v) is 6.25. The zero-order valence-corrected chi connectivity index (χ0v) is 13.2. The summed E-state index contributed by atoms with van der Waals surface area (Å²) in [5, 5.41) is 6.94. The van der Waals surface area contributed by atoms with E-state index in [1.54, 1.807) is 11.3 Å². The molecule has 1 unspecified atom stereocenters. The van der Waals surface area contributed by atoms with Gasteiger partial charge in [-0.3, -0.25) is 0 Å². The van der Waals surface area contributed by atoms with Gasteiger partial charge in [0, 0.05) is 17.3 Å². The van der Waals surface area contributed by atoms with Crippen LogP contribution in [-0.2, 0) is 6.42 Å². The molecule has 102 valence electrons. The molecule has 0 saturated carbocycles. The van der Waals surface area contributed by atoms with Gasteiger partial charge in [-0.15, -0.1) is 11.3 Å². The van der Waals surface area contributed by atoms with Crippen molar-refractivity contribution in [2.45, 2.75) is 25.8 Å². The van der Waals surface area contributed by atoms with Gasteiger partial charge in [0.15, 0.2) is 0 Å². The van der Waals surface area contributed by atoms with Crippen molar-refractivity contribution < 1.29 is 0 Å². The van der Waals surface area contributed by atoms with Gasteiger partial charge in [0.2, 0.25) is 0 Å². The molecule has 19 heavy (non-hydrogen) atoms. The van der Waals surface area contributed by atoms with Gasteiger partial charge in [-0.25, -0.2) is 0 Å². The van der Waals surface area contributed by atoms with Crippen LogP contribution in [0.3, 0.4) is 0 Å². The van der Waals surface area contributed by atoms with E-state index in [0.717, 1.165) is 24.9 Å². The predicted octanol–water partition coefficient (Wildman–Crippen LogP) is 5.34. The van der Waals surface area contributed by atoms with E-state index in [1.165, 1.54) is 4.88 Å². The van der Waals surface area contributed by atoms with Crippen molar-refractivity contribution >= 4 is 34.5 Å². The Labute approximate surface area is 128 Å². The second-order valence-electron chi connectivity index (χ2n) is 4.43. The molecule has 0 saturated heterocycles. The zero-order chi connectivity index (χ0) is 13.7. The summed E-state index contributed by atoms with van der Waals surface area (Å²) in [6.07, 6.45) is 2.04. The Bertz CT molecular complexity index is 511. The summed E-state index contributed by atoms with van der Waals surface area (Å²) in [7, 11) is 0. The normalized spacial score (nSPS) is 12.6. The topological polar surface area (TPSA) is 12.0 Å². The standard InChI is InChI=1S/C15H17Cl2NS/c1-2-8-18-14(10-11-5-4-9-19-11)12-6-3-7-13(16)15(12)17/h3-7,9,14,18H,2,8,10H2,1H3. The number of benzene rings is 1. The highest BCUT2D eigenvalue weighted by molar-refractivity contribution is 7.09. The fourth-order valence-corrected chi connectivity index (χ4v) is 3.22. The van der Waals surface area contributed by atoms with Crippen LogP contribution in [-0.4, -0.2) is 6.54 Å². The van der Waals surface area contributed by atoms with Gasteiger partial charge in [0.1, 0.15) is 0 Å². The Kier molecular flexibility index (Phi) is 5.71. The Morgan fingerprint density at radius 1 is 1.21 bits per heavy atom. The summed E-state index contributed by atoms with van der Waals surface area (Å²) in [5.41, 5.74) is 1.08. The molecule has 0 radical (unpaired) electrons. The van der Waals surface area contributed by atoms with E-state index in [2.05, 4.69) is 35.8 Å². The fraction of sp³-hybridized carbons (Fsp3) is 0.333. The molecule has 2 rings (SSSR count). The van der Waals surface area contributed by atoms with E-state index in [1.807, 2.05) is 12.1 Å². The van der Waals surface area contributed by atoms with Crippen LogP contribution < -0.4 is 5.32 Å². The highest BCUT2D eigenvalue weighted by Gasteiger charge is 2.16. The smallest absolute Gasteiger partial charge is 0.0640 e. The van der Waals surface area contributed by atoms with Crippen LogP contribution in [0.1, 0.15) is 29.8 Å². The molecule has 1 aromatic heterocycles. The first-order valence-electron chi connectivity index (χ1n) is 6.42. The maximum atomic E-state index is 6.34. The van der Waals surface area contributed by atoms with E-state index in [9.17, 15) is 0 Å². The molecule has 0 aliphatic rings. The summed E-state index contributed by atoms with van der Waals surface area (Å²) >= 11 is 14.2. The van der Waals surface area contributed by atoms with Crippen molar-refractivity contribution in [3.8, 4) is 0 Å². The number of nitrogens with one attached hydrogen (secondary N) is 1. The van der Waals surface area contributed by atoms with Gasteiger partial charge in [0.25, 0.3) is 0 Å². The molecule has 0 amide bonds. The van der Waals surface area contributed by atoms with Crippen molar-refractivity contribution in [2.75, 3.05) is 6.54 Å². The molecule has 2 aromatic rings. The lowest BCUT2D eigenvalue weighted by molar-refractivity contribution is 0.532. The molecule has 1 nitrogen and oxygen atoms in total. The maximum absolute atomic E-state index is 6.34. The van der Waals surface area contributed by atoms with Crippen LogP contribution in [0.15, 0.2) is 35.7 Å². The van der Waals surface area contributed by atoms with Crippen molar-refractivity contribution in [1.82, 2.24) is 5.32 Å². The number of hydrogen-bond donors (Lipinski definition) is 1. The third-order valence-corrected chi connectivity index (χ3v) is 4.72.